The molecular weight excluding hydrogens is 236 g/mol. The van der Waals surface area contributed by atoms with Gasteiger partial charge in [-0.25, -0.2) is 0 Å². The molecule has 1 aromatic carbocycles. The summed E-state index contributed by atoms with van der Waals surface area (Å²) in [5.41, 5.74) is 5.89. The van der Waals surface area contributed by atoms with E-state index in [9.17, 15) is 4.79 Å². The van der Waals surface area contributed by atoms with Gasteiger partial charge in [0.25, 0.3) is 5.91 Å². The minimum absolute atomic E-state index is 0.0620. The van der Waals surface area contributed by atoms with Gasteiger partial charge in [0.15, 0.2) is 0 Å². The highest BCUT2D eigenvalue weighted by Gasteiger charge is 2.15. The fraction of sp³-hybridized carbons (Fsp3) is 0.250. The summed E-state index contributed by atoms with van der Waals surface area (Å²) in [4.78, 5) is 16.4. The third-order valence-corrected chi connectivity index (χ3v) is 3.53. The summed E-state index contributed by atoms with van der Waals surface area (Å²) < 4.78 is 0. The minimum atomic E-state index is -0.0620. The van der Waals surface area contributed by atoms with Gasteiger partial charge in [0.05, 0.1) is 0 Å². The number of aryl methyl sites for hydroxylation is 2. The molecule has 3 heteroatoms. The Hall–Kier alpha value is -2.16. The maximum Gasteiger partial charge on any atom is 0.256 e. The van der Waals surface area contributed by atoms with Crippen LogP contribution in [-0.4, -0.2) is 10.9 Å². The van der Waals surface area contributed by atoms with Gasteiger partial charge in [-0.15, -0.1) is 0 Å². The van der Waals surface area contributed by atoms with Gasteiger partial charge in [-0.2, -0.15) is 0 Å². The fourth-order valence-corrected chi connectivity index (χ4v) is 2.19. The lowest BCUT2D eigenvalue weighted by Crippen LogP contribution is -2.16. The van der Waals surface area contributed by atoms with Crippen molar-refractivity contribution in [3.63, 3.8) is 0 Å². The highest BCUT2D eigenvalue weighted by atomic mass is 16.1. The Balaban J connectivity index is 2.40. The molecule has 98 valence electrons. The molecule has 0 aliphatic rings. The van der Waals surface area contributed by atoms with E-state index < -0.39 is 0 Å². The number of carbonyl (C=O) groups is 1. The number of nitrogens with one attached hydrogen (secondary N) is 1. The molecule has 0 unspecified atom stereocenters. The van der Waals surface area contributed by atoms with Crippen LogP contribution in [0.4, 0.5) is 5.69 Å². The van der Waals surface area contributed by atoms with Crippen molar-refractivity contribution in [1.82, 2.24) is 4.98 Å². The summed E-state index contributed by atoms with van der Waals surface area (Å²) in [5.74, 6) is -0.0620. The normalized spacial score (nSPS) is 10.3. The summed E-state index contributed by atoms with van der Waals surface area (Å²) in [6.07, 6.45) is 3.33. The topological polar surface area (TPSA) is 42.0 Å². The van der Waals surface area contributed by atoms with Crippen LogP contribution in [0.25, 0.3) is 0 Å². The van der Waals surface area contributed by atoms with Crippen LogP contribution in [0.15, 0.2) is 30.6 Å². The van der Waals surface area contributed by atoms with Crippen LogP contribution in [0, 0.1) is 27.7 Å². The second-order valence-corrected chi connectivity index (χ2v) is 4.83. The molecule has 1 heterocycles. The van der Waals surface area contributed by atoms with E-state index in [1.54, 1.807) is 24.5 Å². The second-order valence-electron chi connectivity index (χ2n) is 4.83. The predicted molar refractivity (Wildman–Crippen MR) is 77.6 cm³/mol. The zero-order valence-electron chi connectivity index (χ0n) is 11.7. The first-order chi connectivity index (χ1) is 9.00. The average Bonchev–Trinajstić information content (AvgIpc) is 2.38. The Kier molecular flexibility index (Phi) is 3.65. The quantitative estimate of drug-likeness (QED) is 0.890. The summed E-state index contributed by atoms with van der Waals surface area (Å²) in [6.45, 7) is 8.04. The molecule has 1 N–H and O–H groups in total. The highest BCUT2D eigenvalue weighted by molar-refractivity contribution is 6.06. The Morgan fingerprint density at radius 1 is 1.00 bits per heavy atom. The van der Waals surface area contributed by atoms with E-state index in [1.807, 2.05) is 27.7 Å². The lowest BCUT2D eigenvalue weighted by atomic mass is 9.94. The Morgan fingerprint density at radius 2 is 1.53 bits per heavy atom. The Labute approximate surface area is 113 Å². The molecular formula is C16H18N2O. The molecule has 0 saturated heterocycles. The number of aromatic nitrogens is 1. The van der Waals surface area contributed by atoms with Crippen molar-refractivity contribution in [3.8, 4) is 0 Å². The third kappa shape index (κ3) is 2.65. The van der Waals surface area contributed by atoms with Gasteiger partial charge in [-0.3, -0.25) is 9.78 Å². The SMILES string of the molecule is Cc1cc(C)c(C)c(C(=O)Nc2ccncc2)c1C. The number of hydrogen-bond donors (Lipinski definition) is 1. The average molecular weight is 254 g/mol. The number of anilines is 1. The van der Waals surface area contributed by atoms with E-state index in [2.05, 4.69) is 16.4 Å². The lowest BCUT2D eigenvalue weighted by Gasteiger charge is -2.15. The van der Waals surface area contributed by atoms with E-state index >= 15 is 0 Å². The molecule has 0 bridgehead atoms. The van der Waals surface area contributed by atoms with Gasteiger partial charge in [-0.05, 0) is 62.1 Å². The first kappa shape index (κ1) is 13.3. The Bertz CT molecular complexity index is 592. The molecule has 0 atom stereocenters. The summed E-state index contributed by atoms with van der Waals surface area (Å²) in [5, 5.41) is 2.92. The molecule has 19 heavy (non-hydrogen) atoms. The lowest BCUT2D eigenvalue weighted by molar-refractivity contribution is 0.102. The Morgan fingerprint density at radius 3 is 2.05 bits per heavy atom. The van der Waals surface area contributed by atoms with Crippen LogP contribution in [0.5, 0.6) is 0 Å². The number of pyridine rings is 1. The monoisotopic (exact) mass is 254 g/mol. The van der Waals surface area contributed by atoms with E-state index in [0.29, 0.717) is 0 Å². The molecule has 0 aliphatic heterocycles. The largest absolute Gasteiger partial charge is 0.322 e. The van der Waals surface area contributed by atoms with Gasteiger partial charge in [-0.1, -0.05) is 6.07 Å². The molecule has 2 rings (SSSR count). The van der Waals surface area contributed by atoms with Crippen LogP contribution in [0.2, 0.25) is 0 Å². The van der Waals surface area contributed by atoms with E-state index in [0.717, 1.165) is 33.5 Å². The van der Waals surface area contributed by atoms with Crippen molar-refractivity contribution in [2.24, 2.45) is 0 Å². The number of hydrogen-bond acceptors (Lipinski definition) is 2. The van der Waals surface area contributed by atoms with Crippen molar-refractivity contribution in [2.75, 3.05) is 5.32 Å². The molecule has 0 aliphatic carbocycles. The first-order valence-electron chi connectivity index (χ1n) is 6.29. The fourth-order valence-electron chi connectivity index (χ4n) is 2.19. The molecule has 2 aromatic rings. The molecule has 1 aromatic heterocycles. The number of nitrogens with zero attached hydrogens (tertiary/aromatic N) is 1. The van der Waals surface area contributed by atoms with Gasteiger partial charge >= 0.3 is 0 Å². The van der Waals surface area contributed by atoms with Crippen LogP contribution in [0.1, 0.15) is 32.6 Å². The third-order valence-electron chi connectivity index (χ3n) is 3.53. The van der Waals surface area contributed by atoms with Gasteiger partial charge in [0, 0.05) is 23.6 Å². The second kappa shape index (κ2) is 5.22. The zero-order valence-corrected chi connectivity index (χ0v) is 11.7. The minimum Gasteiger partial charge on any atom is -0.322 e. The number of amides is 1. The first-order valence-corrected chi connectivity index (χ1v) is 6.29. The summed E-state index contributed by atoms with van der Waals surface area (Å²) in [6, 6.07) is 5.68. The molecule has 1 amide bonds. The predicted octanol–water partition coefficient (Wildman–Crippen LogP) is 3.57. The van der Waals surface area contributed by atoms with Crippen LogP contribution in [0.3, 0.4) is 0 Å². The molecule has 0 radical (unpaired) electrons. The van der Waals surface area contributed by atoms with Crippen molar-refractivity contribution < 1.29 is 4.79 Å². The van der Waals surface area contributed by atoms with Gasteiger partial charge < -0.3 is 5.32 Å². The molecule has 0 saturated carbocycles. The number of rotatable bonds is 2. The van der Waals surface area contributed by atoms with Gasteiger partial charge in [0.1, 0.15) is 0 Å². The van der Waals surface area contributed by atoms with Crippen molar-refractivity contribution in [3.05, 3.63) is 58.4 Å². The number of benzene rings is 1. The molecule has 0 spiro atoms. The van der Waals surface area contributed by atoms with Crippen LogP contribution < -0.4 is 5.32 Å². The van der Waals surface area contributed by atoms with Crippen molar-refractivity contribution >= 4 is 11.6 Å². The van der Waals surface area contributed by atoms with Crippen LogP contribution in [-0.2, 0) is 0 Å². The maximum atomic E-state index is 12.4. The van der Waals surface area contributed by atoms with E-state index in [1.165, 1.54) is 0 Å². The van der Waals surface area contributed by atoms with E-state index in [-0.39, 0.29) is 5.91 Å². The maximum absolute atomic E-state index is 12.4. The standard InChI is InChI=1S/C16H18N2O/c1-10-9-11(2)13(4)15(12(10)3)16(19)18-14-5-7-17-8-6-14/h5-9H,1-4H3,(H,17,18,19). The summed E-state index contributed by atoms with van der Waals surface area (Å²) in [7, 11) is 0. The smallest absolute Gasteiger partial charge is 0.256 e. The number of carbonyl (C=O) groups excluding carboxylic acids is 1. The highest BCUT2D eigenvalue weighted by Crippen LogP contribution is 2.22. The van der Waals surface area contributed by atoms with Crippen molar-refractivity contribution in [1.29, 1.82) is 0 Å². The zero-order chi connectivity index (χ0) is 14.0. The van der Waals surface area contributed by atoms with E-state index in [4.69, 9.17) is 0 Å². The van der Waals surface area contributed by atoms with Gasteiger partial charge in [0.2, 0.25) is 0 Å². The van der Waals surface area contributed by atoms with Crippen molar-refractivity contribution in [2.45, 2.75) is 27.7 Å². The molecule has 0 fully saturated rings. The molecule has 3 nitrogen and oxygen atoms in total. The summed E-state index contributed by atoms with van der Waals surface area (Å²) >= 11 is 0. The van der Waals surface area contributed by atoms with Crippen LogP contribution >= 0.6 is 0 Å².